The highest BCUT2D eigenvalue weighted by atomic mass is 32.1. The molecule has 4 heteroatoms. The van der Waals surface area contributed by atoms with Gasteiger partial charge < -0.3 is 10.1 Å². The Bertz CT molecular complexity index is 439. The van der Waals surface area contributed by atoms with Gasteiger partial charge in [0.25, 0.3) is 0 Å². The van der Waals surface area contributed by atoms with Crippen molar-refractivity contribution in [3.63, 3.8) is 0 Å². The largest absolute Gasteiger partial charge is 0.492 e. The van der Waals surface area contributed by atoms with Gasteiger partial charge in [-0.2, -0.15) is 0 Å². The van der Waals surface area contributed by atoms with Crippen molar-refractivity contribution in [3.05, 3.63) is 46.4 Å². The molecule has 0 spiro atoms. The Morgan fingerprint density at radius 2 is 2.28 bits per heavy atom. The van der Waals surface area contributed by atoms with Crippen LogP contribution in [0.15, 0.2) is 35.8 Å². The molecule has 0 aliphatic carbocycles. The van der Waals surface area contributed by atoms with Crippen LogP contribution in [-0.2, 0) is 13.0 Å². The minimum Gasteiger partial charge on any atom is -0.492 e. The quantitative estimate of drug-likeness (QED) is 0.833. The summed E-state index contributed by atoms with van der Waals surface area (Å²) >= 11 is 1.77. The number of rotatable bonds is 7. The van der Waals surface area contributed by atoms with Gasteiger partial charge >= 0.3 is 0 Å². The van der Waals surface area contributed by atoms with Crippen LogP contribution in [0.3, 0.4) is 0 Å². The zero-order valence-electron chi connectivity index (χ0n) is 10.6. The molecule has 2 heterocycles. The Morgan fingerprint density at radius 3 is 2.94 bits per heavy atom. The van der Waals surface area contributed by atoms with Crippen LogP contribution in [0.2, 0.25) is 0 Å². The lowest BCUT2D eigenvalue weighted by Crippen LogP contribution is -2.12. The maximum Gasteiger partial charge on any atom is 0.137 e. The van der Waals surface area contributed by atoms with Crippen molar-refractivity contribution in [2.24, 2.45) is 0 Å². The molecular weight excluding hydrogens is 244 g/mol. The lowest BCUT2D eigenvalue weighted by atomic mass is 10.3. The summed E-state index contributed by atoms with van der Waals surface area (Å²) in [4.78, 5) is 5.70. The van der Waals surface area contributed by atoms with E-state index in [1.165, 1.54) is 4.88 Å². The molecule has 0 aliphatic heterocycles. The van der Waals surface area contributed by atoms with Crippen molar-refractivity contribution in [1.29, 1.82) is 0 Å². The molecule has 0 atom stereocenters. The molecule has 96 valence electrons. The maximum atomic E-state index is 5.66. The average molecular weight is 262 g/mol. The fraction of sp³-hybridized carbons (Fsp3) is 0.357. The second kappa shape index (κ2) is 7.13. The average Bonchev–Trinajstić information content (AvgIpc) is 2.91. The second-order valence-corrected chi connectivity index (χ2v) is 4.98. The lowest BCUT2D eigenvalue weighted by molar-refractivity contribution is 0.321. The second-order valence-electron chi connectivity index (χ2n) is 3.94. The zero-order valence-corrected chi connectivity index (χ0v) is 11.4. The molecule has 0 fully saturated rings. The van der Waals surface area contributed by atoms with Crippen molar-refractivity contribution in [2.45, 2.75) is 19.9 Å². The van der Waals surface area contributed by atoms with E-state index in [2.05, 4.69) is 34.7 Å². The van der Waals surface area contributed by atoms with Gasteiger partial charge in [-0.3, -0.25) is 4.98 Å². The van der Waals surface area contributed by atoms with E-state index in [1.54, 1.807) is 17.5 Å². The molecule has 0 radical (unpaired) electrons. The van der Waals surface area contributed by atoms with Crippen LogP contribution >= 0.6 is 11.3 Å². The zero-order chi connectivity index (χ0) is 12.6. The van der Waals surface area contributed by atoms with Gasteiger partial charge in [-0.25, -0.2) is 0 Å². The molecule has 3 nitrogen and oxygen atoms in total. The lowest BCUT2D eigenvalue weighted by Gasteiger charge is -2.06. The molecule has 2 rings (SSSR count). The summed E-state index contributed by atoms with van der Waals surface area (Å²) in [5.41, 5.74) is 1.04. The van der Waals surface area contributed by atoms with Crippen molar-refractivity contribution in [3.8, 4) is 5.75 Å². The molecule has 0 unspecified atom stereocenters. The summed E-state index contributed by atoms with van der Waals surface area (Å²) in [5.74, 6) is 0.840. The van der Waals surface area contributed by atoms with Gasteiger partial charge in [-0.05, 0) is 30.1 Å². The first-order valence-corrected chi connectivity index (χ1v) is 7.07. The third-order valence-corrected chi connectivity index (χ3v) is 3.49. The molecule has 0 saturated heterocycles. The molecule has 0 saturated carbocycles. The van der Waals surface area contributed by atoms with E-state index in [1.807, 2.05) is 12.1 Å². The monoisotopic (exact) mass is 262 g/mol. The Morgan fingerprint density at radius 1 is 1.33 bits per heavy atom. The molecule has 2 aromatic rings. The summed E-state index contributed by atoms with van der Waals surface area (Å²) in [6, 6.07) is 8.18. The van der Waals surface area contributed by atoms with Gasteiger partial charge in [0.2, 0.25) is 0 Å². The van der Waals surface area contributed by atoms with Crippen LogP contribution in [0.25, 0.3) is 0 Å². The van der Waals surface area contributed by atoms with Gasteiger partial charge in [0.05, 0.1) is 18.5 Å². The maximum absolute atomic E-state index is 5.66. The molecular formula is C14H18N2OS. The van der Waals surface area contributed by atoms with E-state index in [4.69, 9.17) is 4.74 Å². The van der Waals surface area contributed by atoms with Gasteiger partial charge in [0.15, 0.2) is 0 Å². The number of aromatic nitrogens is 1. The Hall–Kier alpha value is -1.39. The predicted octanol–water partition coefficient (Wildman–Crippen LogP) is 2.87. The SMILES string of the molecule is CCNCc1ccc(OCCc2cccs2)cn1. The highest BCUT2D eigenvalue weighted by Crippen LogP contribution is 2.12. The summed E-state index contributed by atoms with van der Waals surface area (Å²) in [6.07, 6.45) is 2.75. The van der Waals surface area contributed by atoms with Gasteiger partial charge in [-0.15, -0.1) is 11.3 Å². The van der Waals surface area contributed by atoms with E-state index in [0.717, 1.165) is 31.0 Å². The minimum absolute atomic E-state index is 0.703. The van der Waals surface area contributed by atoms with Gasteiger partial charge in [-0.1, -0.05) is 13.0 Å². The minimum atomic E-state index is 0.703. The topological polar surface area (TPSA) is 34.1 Å². The third kappa shape index (κ3) is 4.13. The number of hydrogen-bond acceptors (Lipinski definition) is 4. The molecule has 0 aliphatic rings. The summed E-state index contributed by atoms with van der Waals surface area (Å²) in [5, 5.41) is 5.33. The van der Waals surface area contributed by atoms with E-state index in [9.17, 15) is 0 Å². The molecule has 0 bridgehead atoms. The van der Waals surface area contributed by atoms with E-state index < -0.39 is 0 Å². The first-order valence-electron chi connectivity index (χ1n) is 6.19. The summed E-state index contributed by atoms with van der Waals surface area (Å²) in [6.45, 7) is 4.56. The van der Waals surface area contributed by atoms with Crippen molar-refractivity contribution in [1.82, 2.24) is 10.3 Å². The van der Waals surface area contributed by atoms with Crippen LogP contribution < -0.4 is 10.1 Å². The van der Waals surface area contributed by atoms with Crippen molar-refractivity contribution < 1.29 is 4.74 Å². The normalized spacial score (nSPS) is 10.5. The highest BCUT2D eigenvalue weighted by molar-refractivity contribution is 7.09. The first-order chi connectivity index (χ1) is 8.88. The predicted molar refractivity (Wildman–Crippen MR) is 75.1 cm³/mol. The molecule has 0 amide bonds. The number of thiophene rings is 1. The smallest absolute Gasteiger partial charge is 0.137 e. The van der Waals surface area contributed by atoms with Gasteiger partial charge in [0.1, 0.15) is 5.75 Å². The van der Waals surface area contributed by atoms with E-state index >= 15 is 0 Å². The van der Waals surface area contributed by atoms with Crippen LogP contribution in [-0.4, -0.2) is 18.1 Å². The Labute approximate surface area is 112 Å². The van der Waals surface area contributed by atoms with Crippen LogP contribution in [0, 0.1) is 0 Å². The van der Waals surface area contributed by atoms with Crippen molar-refractivity contribution >= 4 is 11.3 Å². The van der Waals surface area contributed by atoms with Crippen molar-refractivity contribution in [2.75, 3.05) is 13.2 Å². The molecule has 2 aromatic heterocycles. The number of pyridine rings is 1. The standard InChI is InChI=1S/C14H18N2OS/c1-2-15-10-12-5-6-13(11-16-12)17-8-7-14-4-3-9-18-14/h3-6,9,11,15H,2,7-8,10H2,1H3. The number of nitrogens with one attached hydrogen (secondary N) is 1. The van der Waals surface area contributed by atoms with E-state index in [-0.39, 0.29) is 0 Å². The fourth-order valence-electron chi connectivity index (χ4n) is 1.58. The van der Waals surface area contributed by atoms with E-state index in [0.29, 0.717) is 6.61 Å². The van der Waals surface area contributed by atoms with Crippen LogP contribution in [0.4, 0.5) is 0 Å². The highest BCUT2D eigenvalue weighted by Gasteiger charge is 1.98. The molecule has 18 heavy (non-hydrogen) atoms. The number of ether oxygens (including phenoxy) is 1. The number of nitrogens with zero attached hydrogens (tertiary/aromatic N) is 1. The Kier molecular flexibility index (Phi) is 5.17. The third-order valence-electron chi connectivity index (χ3n) is 2.55. The Balaban J connectivity index is 1.75. The molecule has 0 aromatic carbocycles. The summed E-state index contributed by atoms with van der Waals surface area (Å²) < 4.78 is 5.66. The fourth-order valence-corrected chi connectivity index (χ4v) is 2.27. The van der Waals surface area contributed by atoms with Crippen LogP contribution in [0.1, 0.15) is 17.5 Å². The molecule has 1 N–H and O–H groups in total. The first kappa shape index (κ1) is 13.1. The number of hydrogen-bond donors (Lipinski definition) is 1. The van der Waals surface area contributed by atoms with Crippen LogP contribution in [0.5, 0.6) is 5.75 Å². The summed E-state index contributed by atoms with van der Waals surface area (Å²) in [7, 11) is 0. The van der Waals surface area contributed by atoms with Gasteiger partial charge in [0, 0.05) is 17.8 Å².